The summed E-state index contributed by atoms with van der Waals surface area (Å²) in [5, 5.41) is 12.2. The second-order valence-corrected chi connectivity index (χ2v) is 11.6. The Labute approximate surface area is 231 Å². The Bertz CT molecular complexity index is 1200. The first-order valence-electron chi connectivity index (χ1n) is 13.1. The average Bonchev–Trinajstić information content (AvgIpc) is 3.39. The summed E-state index contributed by atoms with van der Waals surface area (Å²) >= 11 is 0. The molecule has 2 aliphatic carbocycles. The van der Waals surface area contributed by atoms with Gasteiger partial charge in [0, 0.05) is 45.4 Å². The molecule has 2 heterocycles. The molecule has 0 bridgehead atoms. The first kappa shape index (κ1) is 29.7. The van der Waals surface area contributed by atoms with E-state index >= 15 is 0 Å². The Kier molecular flexibility index (Phi) is 7.20. The summed E-state index contributed by atoms with van der Waals surface area (Å²) in [6, 6.07) is 0. The van der Waals surface area contributed by atoms with Crippen molar-refractivity contribution in [2.24, 2.45) is 11.3 Å². The molecule has 2 aliphatic heterocycles. The van der Waals surface area contributed by atoms with Crippen molar-refractivity contribution in [1.82, 2.24) is 0 Å². The third kappa shape index (κ3) is 4.50. The summed E-state index contributed by atoms with van der Waals surface area (Å²) in [5.41, 5.74) is -5.99. The molecule has 2 fully saturated rings. The van der Waals surface area contributed by atoms with Gasteiger partial charge in [-0.15, -0.1) is 0 Å². The molecule has 12 heteroatoms. The van der Waals surface area contributed by atoms with Crippen molar-refractivity contribution >= 4 is 29.8 Å². The highest BCUT2D eigenvalue weighted by Gasteiger charge is 2.87. The molecule has 1 spiro atoms. The molecule has 0 aromatic carbocycles. The minimum Gasteiger partial charge on any atom is -0.461 e. The Morgan fingerprint density at radius 2 is 1.50 bits per heavy atom. The van der Waals surface area contributed by atoms with Crippen molar-refractivity contribution < 1.29 is 57.5 Å². The quantitative estimate of drug-likeness (QED) is 0.227. The number of carbonyl (C=O) groups is 5. The smallest absolute Gasteiger partial charge is 0.342 e. The second kappa shape index (κ2) is 9.69. The number of esters is 5. The lowest BCUT2D eigenvalue weighted by Gasteiger charge is -2.55. The molecule has 2 saturated heterocycles. The fourth-order valence-corrected chi connectivity index (χ4v) is 6.76. The van der Waals surface area contributed by atoms with Gasteiger partial charge in [-0.25, -0.2) is 4.79 Å². The number of hydrogen-bond donors (Lipinski definition) is 1. The molecule has 40 heavy (non-hydrogen) atoms. The zero-order valence-corrected chi connectivity index (χ0v) is 23.8. The first-order valence-corrected chi connectivity index (χ1v) is 13.1. The molecule has 220 valence electrons. The lowest BCUT2D eigenvalue weighted by Crippen LogP contribution is -2.67. The maximum absolute atomic E-state index is 13.1. The van der Waals surface area contributed by atoms with Crippen LogP contribution in [0, 0.1) is 11.3 Å². The van der Waals surface area contributed by atoms with E-state index in [4.69, 9.17) is 28.4 Å². The predicted molar refractivity (Wildman–Crippen MR) is 134 cm³/mol. The zero-order chi connectivity index (χ0) is 30.0. The van der Waals surface area contributed by atoms with Crippen LogP contribution in [0.15, 0.2) is 23.8 Å². The van der Waals surface area contributed by atoms with Crippen LogP contribution >= 0.6 is 0 Å². The second-order valence-electron chi connectivity index (χ2n) is 11.6. The molecule has 0 amide bonds. The third-order valence-corrected chi connectivity index (χ3v) is 8.60. The van der Waals surface area contributed by atoms with Crippen molar-refractivity contribution in [2.45, 2.75) is 109 Å². The third-order valence-electron chi connectivity index (χ3n) is 8.60. The Morgan fingerprint density at radius 1 is 0.925 bits per heavy atom. The van der Waals surface area contributed by atoms with Gasteiger partial charge in [0.15, 0.2) is 17.3 Å². The minimum absolute atomic E-state index is 0.0499. The maximum atomic E-state index is 13.1. The normalized spacial score (nSPS) is 44.8. The maximum Gasteiger partial charge on any atom is 0.342 e. The Hall–Kier alpha value is -3.25. The van der Waals surface area contributed by atoms with Gasteiger partial charge in [-0.3, -0.25) is 19.2 Å². The molecule has 0 unspecified atom stereocenters. The van der Waals surface area contributed by atoms with E-state index in [0.29, 0.717) is 5.57 Å². The van der Waals surface area contributed by atoms with Crippen LogP contribution in [0.1, 0.15) is 61.8 Å². The van der Waals surface area contributed by atoms with Gasteiger partial charge in [0.05, 0.1) is 0 Å². The van der Waals surface area contributed by atoms with Gasteiger partial charge < -0.3 is 33.5 Å². The number of carbonyl (C=O) groups excluding carboxylic acids is 5. The summed E-state index contributed by atoms with van der Waals surface area (Å²) in [7, 11) is 0. The molecule has 0 aromatic rings. The van der Waals surface area contributed by atoms with Crippen molar-refractivity contribution in [2.75, 3.05) is 0 Å². The van der Waals surface area contributed by atoms with Gasteiger partial charge >= 0.3 is 29.8 Å². The van der Waals surface area contributed by atoms with Crippen LogP contribution < -0.4 is 0 Å². The van der Waals surface area contributed by atoms with E-state index in [-0.39, 0.29) is 6.42 Å². The number of rotatable bonds is 4. The van der Waals surface area contributed by atoms with E-state index in [9.17, 15) is 29.1 Å². The summed E-state index contributed by atoms with van der Waals surface area (Å²) in [4.78, 5) is 62.2. The van der Waals surface area contributed by atoms with Crippen LogP contribution in [0.5, 0.6) is 0 Å². The summed E-state index contributed by atoms with van der Waals surface area (Å²) in [6.45, 7) is 11.1. The van der Waals surface area contributed by atoms with Gasteiger partial charge in [-0.05, 0) is 38.5 Å². The van der Waals surface area contributed by atoms with Crippen molar-refractivity contribution in [3.05, 3.63) is 23.8 Å². The van der Waals surface area contributed by atoms with Gasteiger partial charge in [0.25, 0.3) is 0 Å². The van der Waals surface area contributed by atoms with Crippen molar-refractivity contribution in [3.63, 3.8) is 0 Å². The zero-order valence-electron chi connectivity index (χ0n) is 23.8. The summed E-state index contributed by atoms with van der Waals surface area (Å²) in [5.74, 6) is -4.55. The molecule has 0 saturated carbocycles. The minimum atomic E-state index is -1.96. The average molecular weight is 565 g/mol. The standard InChI is InChI=1S/C28H36O12/c1-13-11-21-28(27(8,40-28)24(33)39-21)23(38-17(5)32)22-25(6,10-9-19(26(22,7)34)36-15(3)30)20(37-16(4)31)12-18(13)35-14(2)29/h9-11,18-23,34H,12H2,1-8H3/b13-11-/t18-,19-,20+,21+,22-,23-,25-,26+,27+,28+/m1/s1. The van der Waals surface area contributed by atoms with E-state index in [1.54, 1.807) is 26.0 Å². The number of hydrogen-bond acceptors (Lipinski definition) is 12. The fraction of sp³-hybridized carbons (Fsp3) is 0.679. The number of epoxide rings is 1. The highest BCUT2D eigenvalue weighted by Crippen LogP contribution is 2.65. The van der Waals surface area contributed by atoms with Crippen LogP contribution in [-0.2, 0) is 52.4 Å². The van der Waals surface area contributed by atoms with E-state index in [0.717, 1.165) is 0 Å². The van der Waals surface area contributed by atoms with Crippen LogP contribution in [-0.4, -0.2) is 82.3 Å². The SMILES string of the molecule is CC(=O)O[C@H]1C[C@@H](OC(C)=O)/C(C)=C\[C@@H]2OC(=O)[C@]3(C)O[C@]23[C@H](OC(C)=O)[C@H]2[C@@](C)(O)[C@H](OC(C)=O)C=C[C@]12C. The molecular formula is C28H36O12. The predicted octanol–water partition coefficient (Wildman–Crippen LogP) is 1.46. The number of ether oxygens (including phenoxy) is 6. The first-order chi connectivity index (χ1) is 18.4. The molecule has 0 radical (unpaired) electrons. The highest BCUT2D eigenvalue weighted by molar-refractivity contribution is 5.89. The lowest BCUT2D eigenvalue weighted by molar-refractivity contribution is -0.220. The van der Waals surface area contributed by atoms with E-state index in [2.05, 4.69) is 0 Å². The van der Waals surface area contributed by atoms with Gasteiger partial charge in [-0.2, -0.15) is 0 Å². The van der Waals surface area contributed by atoms with Crippen LogP contribution in [0.4, 0.5) is 0 Å². The van der Waals surface area contributed by atoms with Gasteiger partial charge in [0.1, 0.15) is 30.0 Å². The number of fused-ring (bicyclic) bond motifs is 1. The fourth-order valence-electron chi connectivity index (χ4n) is 6.76. The topological polar surface area (TPSA) is 164 Å². The van der Waals surface area contributed by atoms with Crippen LogP contribution in [0.3, 0.4) is 0 Å². The summed E-state index contributed by atoms with van der Waals surface area (Å²) < 4.78 is 34.6. The molecule has 4 aliphatic rings. The highest BCUT2D eigenvalue weighted by atomic mass is 16.7. The van der Waals surface area contributed by atoms with E-state index in [1.165, 1.54) is 47.6 Å². The van der Waals surface area contributed by atoms with E-state index < -0.39 is 88.5 Å². The molecule has 4 rings (SSSR count). The van der Waals surface area contributed by atoms with Gasteiger partial charge in [-0.1, -0.05) is 13.0 Å². The monoisotopic (exact) mass is 564 g/mol. The number of aliphatic hydroxyl groups is 1. The molecule has 1 N–H and O–H groups in total. The van der Waals surface area contributed by atoms with Crippen LogP contribution in [0.25, 0.3) is 0 Å². The molecule has 0 aromatic heterocycles. The largest absolute Gasteiger partial charge is 0.461 e. The van der Waals surface area contributed by atoms with E-state index in [1.807, 2.05) is 0 Å². The Balaban J connectivity index is 2.04. The Morgan fingerprint density at radius 3 is 2.02 bits per heavy atom. The molecule has 12 nitrogen and oxygen atoms in total. The summed E-state index contributed by atoms with van der Waals surface area (Å²) in [6.07, 6.45) is -1.03. The van der Waals surface area contributed by atoms with Crippen LogP contribution in [0.2, 0.25) is 0 Å². The molecular weight excluding hydrogens is 528 g/mol. The van der Waals surface area contributed by atoms with Crippen molar-refractivity contribution in [3.8, 4) is 0 Å². The van der Waals surface area contributed by atoms with Gasteiger partial charge in [0.2, 0.25) is 0 Å². The lowest BCUT2D eigenvalue weighted by atomic mass is 9.55. The molecule has 10 atom stereocenters. The van der Waals surface area contributed by atoms with Crippen molar-refractivity contribution in [1.29, 1.82) is 0 Å².